The summed E-state index contributed by atoms with van der Waals surface area (Å²) in [4.78, 5) is 28.4. The minimum absolute atomic E-state index is 0.0660. The number of carbonyl (C=O) groups is 1. The molecule has 0 bridgehead atoms. The number of sulfonamides is 1. The van der Waals surface area contributed by atoms with Crippen LogP contribution in [0.3, 0.4) is 0 Å². The summed E-state index contributed by atoms with van der Waals surface area (Å²) in [6.07, 6.45) is -2.72. The zero-order chi connectivity index (χ0) is 26.3. The first-order valence-electron chi connectivity index (χ1n) is 10.2. The molecule has 4 aromatic rings. The molecule has 4 rings (SSSR count). The first-order chi connectivity index (χ1) is 16.8. The molecule has 2 aromatic carbocycles. The van der Waals surface area contributed by atoms with E-state index in [1.807, 2.05) is 4.72 Å². The van der Waals surface area contributed by atoms with Crippen molar-refractivity contribution in [1.29, 1.82) is 0 Å². The molecule has 2 N–H and O–H groups in total. The number of rotatable bonds is 6. The van der Waals surface area contributed by atoms with E-state index in [1.54, 1.807) is 6.07 Å². The Morgan fingerprint density at radius 3 is 2.56 bits per heavy atom. The Balaban J connectivity index is 2.00. The number of aromatic amines is 1. The van der Waals surface area contributed by atoms with Crippen LogP contribution in [0.15, 0.2) is 65.6 Å². The number of amides is 1. The quantitative estimate of drug-likeness (QED) is 0.380. The summed E-state index contributed by atoms with van der Waals surface area (Å²) in [5, 5.41) is 0.643. The van der Waals surface area contributed by atoms with E-state index in [-0.39, 0.29) is 28.4 Å². The Morgan fingerprint density at radius 2 is 1.89 bits per heavy atom. The third-order valence-corrected chi connectivity index (χ3v) is 5.87. The number of ether oxygens (including phenoxy) is 1. The second-order valence-electron chi connectivity index (χ2n) is 7.78. The molecule has 0 spiro atoms. The van der Waals surface area contributed by atoms with Crippen molar-refractivity contribution in [2.45, 2.75) is 12.9 Å². The number of carbonyl (C=O) groups excluding carboxylic acids is 1. The molecule has 0 saturated heterocycles. The van der Waals surface area contributed by atoms with Crippen molar-refractivity contribution in [2.75, 3.05) is 6.26 Å². The fraction of sp³-hybridized carbons (Fsp3) is 0.130. The number of H-pyrrole nitrogens is 1. The molecule has 0 fully saturated rings. The predicted molar refractivity (Wildman–Crippen MR) is 128 cm³/mol. The molecular weight excluding hydrogens is 523 g/mol. The molecule has 13 heteroatoms. The molecule has 36 heavy (non-hydrogen) atoms. The van der Waals surface area contributed by atoms with E-state index >= 15 is 0 Å². The van der Waals surface area contributed by atoms with E-state index in [0.717, 1.165) is 18.4 Å². The average Bonchev–Trinajstić information content (AvgIpc) is 3.05. The van der Waals surface area contributed by atoms with Crippen LogP contribution in [0, 0.1) is 0 Å². The number of aromatic nitrogens is 2. The number of alkyl halides is 3. The molecule has 1 amide bonds. The van der Waals surface area contributed by atoms with Crippen LogP contribution in [0.2, 0.25) is 5.02 Å². The Labute approximate surface area is 207 Å². The van der Waals surface area contributed by atoms with Crippen LogP contribution < -0.4 is 15.0 Å². The fourth-order valence-corrected chi connectivity index (χ4v) is 4.46. The number of hydrogen-bond acceptors (Lipinski definition) is 5. The van der Waals surface area contributed by atoms with Gasteiger partial charge in [-0.1, -0.05) is 23.7 Å². The highest BCUT2D eigenvalue weighted by molar-refractivity contribution is 7.89. The highest BCUT2D eigenvalue weighted by Gasteiger charge is 2.31. The van der Waals surface area contributed by atoms with Gasteiger partial charge in [-0.3, -0.25) is 9.59 Å². The minimum atomic E-state index is -4.91. The van der Waals surface area contributed by atoms with Crippen molar-refractivity contribution < 1.29 is 31.1 Å². The van der Waals surface area contributed by atoms with Crippen LogP contribution in [-0.4, -0.2) is 36.5 Å². The highest BCUT2D eigenvalue weighted by Crippen LogP contribution is 2.36. The lowest BCUT2D eigenvalue weighted by Crippen LogP contribution is -2.31. The summed E-state index contributed by atoms with van der Waals surface area (Å²) in [6, 6.07) is 12.7. The largest absolute Gasteiger partial charge is 0.573 e. The third-order valence-electron chi connectivity index (χ3n) is 5.08. The second-order valence-corrected chi connectivity index (χ2v) is 9.97. The number of benzene rings is 2. The zero-order valence-electron chi connectivity index (χ0n) is 18.4. The van der Waals surface area contributed by atoms with Gasteiger partial charge in [-0.25, -0.2) is 13.1 Å². The molecule has 0 saturated carbocycles. The Morgan fingerprint density at radius 1 is 1.14 bits per heavy atom. The molecule has 2 heterocycles. The van der Waals surface area contributed by atoms with Crippen molar-refractivity contribution in [3.05, 3.63) is 87.4 Å². The van der Waals surface area contributed by atoms with Crippen LogP contribution >= 0.6 is 11.6 Å². The molecule has 0 aliphatic rings. The van der Waals surface area contributed by atoms with Gasteiger partial charge in [0.1, 0.15) is 11.4 Å². The van der Waals surface area contributed by atoms with Gasteiger partial charge in [0.05, 0.1) is 6.26 Å². The summed E-state index contributed by atoms with van der Waals surface area (Å²) < 4.78 is 69.2. The zero-order valence-corrected chi connectivity index (χ0v) is 20.0. The van der Waals surface area contributed by atoms with E-state index in [4.69, 9.17) is 11.6 Å². The lowest BCUT2D eigenvalue weighted by Gasteiger charge is -2.14. The van der Waals surface area contributed by atoms with Gasteiger partial charge in [0.15, 0.2) is 0 Å². The van der Waals surface area contributed by atoms with Gasteiger partial charge in [-0.15, -0.1) is 13.2 Å². The Kier molecular flexibility index (Phi) is 6.58. The summed E-state index contributed by atoms with van der Waals surface area (Å²) >= 11 is 6.19. The van der Waals surface area contributed by atoms with Crippen molar-refractivity contribution >= 4 is 38.4 Å². The smallest absolute Gasteiger partial charge is 0.406 e. The number of pyridine rings is 1. The van der Waals surface area contributed by atoms with Gasteiger partial charge in [-0.2, -0.15) is 0 Å². The molecule has 2 aromatic heterocycles. The number of halogens is 4. The lowest BCUT2D eigenvalue weighted by molar-refractivity contribution is -0.274. The fourth-order valence-electron chi connectivity index (χ4n) is 3.86. The van der Waals surface area contributed by atoms with Crippen LogP contribution in [0.5, 0.6) is 5.75 Å². The molecule has 0 radical (unpaired) electrons. The summed E-state index contributed by atoms with van der Waals surface area (Å²) in [7, 11) is -4.01. The van der Waals surface area contributed by atoms with E-state index < -0.39 is 33.6 Å². The third kappa shape index (κ3) is 5.55. The highest BCUT2D eigenvalue weighted by atomic mass is 35.5. The van der Waals surface area contributed by atoms with Gasteiger partial charge in [0.25, 0.3) is 11.5 Å². The molecular formula is C23H17ClF3N3O5S. The predicted octanol–water partition coefficient (Wildman–Crippen LogP) is 4.29. The van der Waals surface area contributed by atoms with E-state index in [2.05, 4.69) is 9.72 Å². The average molecular weight is 540 g/mol. The molecule has 188 valence electrons. The van der Waals surface area contributed by atoms with E-state index in [0.29, 0.717) is 16.5 Å². The maximum Gasteiger partial charge on any atom is 0.573 e. The van der Waals surface area contributed by atoms with E-state index in [9.17, 15) is 31.2 Å². The molecule has 0 aliphatic carbocycles. The molecule has 0 atom stereocenters. The van der Waals surface area contributed by atoms with Gasteiger partial charge >= 0.3 is 6.36 Å². The van der Waals surface area contributed by atoms with Gasteiger partial charge in [0.2, 0.25) is 10.0 Å². The number of hydrogen-bond donors (Lipinski definition) is 2. The maximum atomic E-state index is 13.3. The monoisotopic (exact) mass is 539 g/mol. The van der Waals surface area contributed by atoms with Crippen LogP contribution in [-0.2, 0) is 16.6 Å². The minimum Gasteiger partial charge on any atom is -0.406 e. The Bertz CT molecular complexity index is 1640. The van der Waals surface area contributed by atoms with Crippen molar-refractivity contribution in [1.82, 2.24) is 14.3 Å². The molecule has 8 nitrogen and oxygen atoms in total. The molecule has 0 aliphatic heterocycles. The number of nitrogens with zero attached hydrogens (tertiary/aromatic N) is 1. The lowest BCUT2D eigenvalue weighted by atomic mass is 10.0. The van der Waals surface area contributed by atoms with E-state index in [1.165, 1.54) is 47.2 Å². The first kappa shape index (κ1) is 25.3. The SMILES string of the molecule is CS(=O)(=O)NC(=O)c1c(-c2ccc[nH]c2=O)c2cc(Cl)ccc2n1Cc1cccc(OC(F)(F)F)c1. The second kappa shape index (κ2) is 9.36. The van der Waals surface area contributed by atoms with Crippen molar-refractivity contribution in [2.24, 2.45) is 0 Å². The first-order valence-corrected chi connectivity index (χ1v) is 12.5. The van der Waals surface area contributed by atoms with Crippen LogP contribution in [0.25, 0.3) is 22.0 Å². The molecule has 0 unspecified atom stereocenters. The maximum absolute atomic E-state index is 13.3. The van der Waals surface area contributed by atoms with Crippen molar-refractivity contribution in [3.63, 3.8) is 0 Å². The van der Waals surface area contributed by atoms with Crippen molar-refractivity contribution in [3.8, 4) is 16.9 Å². The van der Waals surface area contributed by atoms with Crippen LogP contribution in [0.1, 0.15) is 16.1 Å². The topological polar surface area (TPSA) is 110 Å². The van der Waals surface area contributed by atoms with Crippen LogP contribution in [0.4, 0.5) is 13.2 Å². The van der Waals surface area contributed by atoms with Gasteiger partial charge < -0.3 is 14.3 Å². The number of nitrogens with one attached hydrogen (secondary N) is 2. The Hall–Kier alpha value is -3.77. The summed E-state index contributed by atoms with van der Waals surface area (Å²) in [5.41, 5.74) is 0.125. The summed E-state index contributed by atoms with van der Waals surface area (Å²) in [5.74, 6) is -1.51. The normalized spacial score (nSPS) is 12.0. The summed E-state index contributed by atoms with van der Waals surface area (Å²) in [6.45, 7) is -0.162. The van der Waals surface area contributed by atoms with Gasteiger partial charge in [0, 0.05) is 39.8 Å². The van der Waals surface area contributed by atoms with Gasteiger partial charge in [-0.05, 0) is 48.0 Å². The standard InChI is InChI=1S/C23H17ClF3N3O5S/c1-36(33,34)29-22(32)20-19(16-6-3-9-28-21(16)31)17-11-14(24)7-8-18(17)30(20)12-13-4-2-5-15(10-13)35-23(25,26)27/h2-11H,12H2,1H3,(H,28,31)(H,29,32). The number of fused-ring (bicyclic) bond motifs is 1.